The van der Waals surface area contributed by atoms with Crippen LogP contribution in [0.1, 0.15) is 37.8 Å². The van der Waals surface area contributed by atoms with E-state index in [4.69, 9.17) is 0 Å². The van der Waals surface area contributed by atoms with Gasteiger partial charge in [-0.3, -0.25) is 5.10 Å². The summed E-state index contributed by atoms with van der Waals surface area (Å²) >= 11 is 0. The molecule has 4 aliphatic carbocycles. The second-order valence-corrected chi connectivity index (χ2v) is 6.42. The normalized spacial score (nSPS) is 43.2. The number of rotatable bonds is 3. The highest BCUT2D eigenvalue weighted by Crippen LogP contribution is 2.53. The minimum absolute atomic E-state index is 0.783. The summed E-state index contributed by atoms with van der Waals surface area (Å²) in [4.78, 5) is 0. The van der Waals surface area contributed by atoms with Crippen molar-refractivity contribution >= 4 is 0 Å². The lowest BCUT2D eigenvalue weighted by Crippen LogP contribution is -2.54. The zero-order valence-electron chi connectivity index (χ0n) is 10.2. The van der Waals surface area contributed by atoms with Gasteiger partial charge in [-0.2, -0.15) is 5.10 Å². The van der Waals surface area contributed by atoms with Crippen molar-refractivity contribution in [3.05, 3.63) is 18.0 Å². The standard InChI is InChI=1S/C14H21N3/c1-2-16-17-13(1)8-15-14-11-4-9-3-10(6-11)7-12(14)5-9/h1-2,9-12,14-15H,3-8H2,(H,16,17). The molecular formula is C14H21N3. The molecule has 3 heteroatoms. The van der Waals surface area contributed by atoms with Gasteiger partial charge in [0.2, 0.25) is 0 Å². The van der Waals surface area contributed by atoms with Crippen LogP contribution in [0.15, 0.2) is 12.3 Å². The zero-order chi connectivity index (χ0) is 11.2. The summed E-state index contributed by atoms with van der Waals surface area (Å²) in [5.74, 6) is 4.08. The van der Waals surface area contributed by atoms with Crippen LogP contribution in [0, 0.1) is 23.7 Å². The molecule has 0 spiro atoms. The van der Waals surface area contributed by atoms with Gasteiger partial charge in [0.15, 0.2) is 0 Å². The highest BCUT2D eigenvalue weighted by Gasteiger charge is 2.47. The van der Waals surface area contributed by atoms with E-state index in [2.05, 4.69) is 21.6 Å². The lowest BCUT2D eigenvalue weighted by atomic mass is 9.54. The molecular weight excluding hydrogens is 210 g/mol. The van der Waals surface area contributed by atoms with E-state index < -0.39 is 0 Å². The molecule has 2 N–H and O–H groups in total. The molecule has 3 nitrogen and oxygen atoms in total. The van der Waals surface area contributed by atoms with Crippen LogP contribution < -0.4 is 5.32 Å². The van der Waals surface area contributed by atoms with Crippen LogP contribution in [-0.4, -0.2) is 16.2 Å². The Labute approximate surface area is 102 Å². The monoisotopic (exact) mass is 231 g/mol. The van der Waals surface area contributed by atoms with E-state index in [1.54, 1.807) is 6.42 Å². The van der Waals surface area contributed by atoms with Gasteiger partial charge in [0.25, 0.3) is 0 Å². The Balaban J connectivity index is 1.44. The summed E-state index contributed by atoms with van der Waals surface area (Å²) in [6, 6.07) is 2.86. The predicted octanol–water partition coefficient (Wildman–Crippen LogP) is 2.32. The van der Waals surface area contributed by atoms with E-state index in [9.17, 15) is 0 Å². The van der Waals surface area contributed by atoms with Gasteiger partial charge >= 0.3 is 0 Å². The molecule has 1 heterocycles. The molecule has 4 aliphatic rings. The Kier molecular flexibility index (Phi) is 2.29. The maximum atomic E-state index is 4.01. The van der Waals surface area contributed by atoms with Crippen molar-refractivity contribution in [1.29, 1.82) is 0 Å². The number of aromatic nitrogens is 2. The molecule has 92 valence electrons. The van der Waals surface area contributed by atoms with Gasteiger partial charge < -0.3 is 5.32 Å². The van der Waals surface area contributed by atoms with E-state index in [1.807, 2.05) is 6.20 Å². The summed E-state index contributed by atoms with van der Waals surface area (Å²) in [5, 5.41) is 10.9. The molecule has 4 saturated carbocycles. The molecule has 4 fully saturated rings. The van der Waals surface area contributed by atoms with Crippen LogP contribution in [0.3, 0.4) is 0 Å². The van der Waals surface area contributed by atoms with Crippen molar-refractivity contribution in [3.63, 3.8) is 0 Å². The summed E-state index contributed by atoms with van der Waals surface area (Å²) < 4.78 is 0. The fraction of sp³-hybridized carbons (Fsp3) is 0.786. The van der Waals surface area contributed by atoms with Gasteiger partial charge in [-0.1, -0.05) is 0 Å². The SMILES string of the molecule is c1cc(CNC2C3CC4CC(C3)CC2C4)[nH]n1. The molecule has 1 aromatic heterocycles. The third-order valence-electron chi connectivity index (χ3n) is 5.31. The molecule has 0 aliphatic heterocycles. The fourth-order valence-electron chi connectivity index (χ4n) is 4.87. The van der Waals surface area contributed by atoms with Crippen molar-refractivity contribution in [2.75, 3.05) is 0 Å². The first kappa shape index (κ1) is 10.1. The second kappa shape index (κ2) is 3.84. The first-order valence-electron chi connectivity index (χ1n) is 7.10. The quantitative estimate of drug-likeness (QED) is 0.838. The first-order chi connectivity index (χ1) is 8.38. The second-order valence-electron chi connectivity index (χ2n) is 6.42. The van der Waals surface area contributed by atoms with Gasteiger partial charge in [0.05, 0.1) is 0 Å². The Hall–Kier alpha value is -0.830. The number of nitrogens with zero attached hydrogens (tertiary/aromatic N) is 1. The van der Waals surface area contributed by atoms with Crippen molar-refractivity contribution in [2.45, 2.75) is 44.7 Å². The Morgan fingerprint density at radius 1 is 1.12 bits per heavy atom. The molecule has 0 saturated heterocycles. The number of nitrogens with one attached hydrogen (secondary N) is 2. The highest BCUT2D eigenvalue weighted by molar-refractivity contribution is 5.03. The van der Waals surface area contributed by atoms with Crippen molar-refractivity contribution in [1.82, 2.24) is 15.5 Å². The third kappa shape index (κ3) is 1.71. The van der Waals surface area contributed by atoms with Crippen LogP contribution in [0.25, 0.3) is 0 Å². The summed E-state index contributed by atoms with van der Waals surface area (Å²) in [7, 11) is 0. The molecule has 0 amide bonds. The minimum Gasteiger partial charge on any atom is -0.308 e. The van der Waals surface area contributed by atoms with Crippen LogP contribution in [0.2, 0.25) is 0 Å². The van der Waals surface area contributed by atoms with E-state index in [0.717, 1.165) is 36.3 Å². The van der Waals surface area contributed by atoms with Gasteiger partial charge in [-0.05, 0) is 61.8 Å². The van der Waals surface area contributed by atoms with Crippen LogP contribution in [-0.2, 0) is 6.54 Å². The number of hydrogen-bond acceptors (Lipinski definition) is 2. The molecule has 0 aromatic carbocycles. The van der Waals surface area contributed by atoms with E-state index in [1.165, 1.54) is 31.4 Å². The number of hydrogen-bond donors (Lipinski definition) is 2. The van der Waals surface area contributed by atoms with E-state index >= 15 is 0 Å². The molecule has 1 aromatic rings. The molecule has 0 radical (unpaired) electrons. The topological polar surface area (TPSA) is 40.7 Å². The van der Waals surface area contributed by atoms with Gasteiger partial charge in [0.1, 0.15) is 0 Å². The summed E-state index contributed by atoms with van der Waals surface area (Å²) in [5.41, 5.74) is 1.22. The largest absolute Gasteiger partial charge is 0.308 e. The lowest BCUT2D eigenvalue weighted by Gasteiger charge is -2.54. The number of aromatic amines is 1. The Bertz CT molecular complexity index is 356. The van der Waals surface area contributed by atoms with Crippen LogP contribution >= 0.6 is 0 Å². The Morgan fingerprint density at radius 3 is 2.41 bits per heavy atom. The van der Waals surface area contributed by atoms with Gasteiger partial charge in [-0.25, -0.2) is 0 Å². The van der Waals surface area contributed by atoms with E-state index in [0.29, 0.717) is 0 Å². The smallest absolute Gasteiger partial charge is 0.0490 e. The van der Waals surface area contributed by atoms with Crippen LogP contribution in [0.5, 0.6) is 0 Å². The molecule has 17 heavy (non-hydrogen) atoms. The Morgan fingerprint density at radius 2 is 1.82 bits per heavy atom. The molecule has 4 bridgehead atoms. The average molecular weight is 231 g/mol. The maximum Gasteiger partial charge on any atom is 0.0490 e. The van der Waals surface area contributed by atoms with Gasteiger partial charge in [-0.15, -0.1) is 0 Å². The van der Waals surface area contributed by atoms with Crippen LogP contribution in [0.4, 0.5) is 0 Å². The van der Waals surface area contributed by atoms with Crippen molar-refractivity contribution < 1.29 is 0 Å². The molecule has 5 rings (SSSR count). The van der Waals surface area contributed by atoms with Crippen molar-refractivity contribution in [3.8, 4) is 0 Å². The summed E-state index contributed by atoms with van der Waals surface area (Å²) in [6.45, 7) is 0.965. The van der Waals surface area contributed by atoms with Crippen molar-refractivity contribution in [2.24, 2.45) is 23.7 Å². The first-order valence-corrected chi connectivity index (χ1v) is 7.10. The highest BCUT2D eigenvalue weighted by atomic mass is 15.1. The van der Waals surface area contributed by atoms with E-state index in [-0.39, 0.29) is 0 Å². The molecule has 0 atom stereocenters. The van der Waals surface area contributed by atoms with Gasteiger partial charge in [0, 0.05) is 24.5 Å². The summed E-state index contributed by atoms with van der Waals surface area (Å²) in [6.07, 6.45) is 9.36. The minimum atomic E-state index is 0.783. The lowest BCUT2D eigenvalue weighted by molar-refractivity contribution is -0.0143. The predicted molar refractivity (Wildman–Crippen MR) is 66.3 cm³/mol. The fourth-order valence-corrected chi connectivity index (χ4v) is 4.87. The average Bonchev–Trinajstić information content (AvgIpc) is 2.80. The number of H-pyrrole nitrogens is 1. The molecule has 0 unspecified atom stereocenters. The zero-order valence-corrected chi connectivity index (χ0v) is 10.2. The third-order valence-corrected chi connectivity index (χ3v) is 5.31. The maximum absolute atomic E-state index is 4.01.